The average molecular weight is 552 g/mol. The predicted octanol–water partition coefficient (Wildman–Crippen LogP) is 6.63. The molecule has 3 aromatic rings. The van der Waals surface area contributed by atoms with E-state index in [0.29, 0.717) is 36.2 Å². The van der Waals surface area contributed by atoms with E-state index in [-0.39, 0.29) is 24.2 Å². The summed E-state index contributed by atoms with van der Waals surface area (Å²) in [6.45, 7) is 0. The molecular formula is C23H20ClF6N3O2S. The fourth-order valence-corrected chi connectivity index (χ4v) is 5.73. The lowest BCUT2D eigenvalue weighted by Gasteiger charge is -2.30. The number of hydrogen-bond donors (Lipinski definition) is 2. The summed E-state index contributed by atoms with van der Waals surface area (Å²) in [7, 11) is -4.63. The van der Waals surface area contributed by atoms with Crippen molar-refractivity contribution in [3.05, 3.63) is 64.8 Å². The number of pyridine rings is 1. The molecule has 0 radical (unpaired) electrons. The summed E-state index contributed by atoms with van der Waals surface area (Å²) in [4.78, 5) is 3.20. The van der Waals surface area contributed by atoms with Crippen LogP contribution in [-0.4, -0.2) is 25.5 Å². The molecule has 0 bridgehead atoms. The lowest BCUT2D eigenvalue weighted by atomic mass is 9.91. The van der Waals surface area contributed by atoms with Crippen LogP contribution < -0.4 is 10.0 Å². The summed E-state index contributed by atoms with van der Waals surface area (Å²) < 4.78 is 106. The smallest absolute Gasteiger partial charge is 0.382 e. The van der Waals surface area contributed by atoms with Gasteiger partial charge in [-0.1, -0.05) is 11.6 Å². The Kier molecular flexibility index (Phi) is 7.15. The first kappa shape index (κ1) is 26.5. The highest BCUT2D eigenvalue weighted by Crippen LogP contribution is 2.37. The van der Waals surface area contributed by atoms with Crippen LogP contribution in [0.25, 0.3) is 10.9 Å². The van der Waals surface area contributed by atoms with Crippen molar-refractivity contribution in [3.63, 3.8) is 0 Å². The van der Waals surface area contributed by atoms with Gasteiger partial charge in [-0.3, -0.25) is 4.98 Å². The van der Waals surface area contributed by atoms with E-state index in [9.17, 15) is 34.8 Å². The second-order valence-corrected chi connectivity index (χ2v) is 10.7. The van der Waals surface area contributed by atoms with Crippen LogP contribution in [-0.2, 0) is 22.4 Å². The fourth-order valence-electron chi connectivity index (χ4n) is 4.19. The minimum absolute atomic E-state index is 0.0163. The summed E-state index contributed by atoms with van der Waals surface area (Å²) in [6.07, 6.45) is -6.91. The second-order valence-electron chi connectivity index (χ2n) is 8.58. The highest BCUT2D eigenvalue weighted by molar-refractivity contribution is 7.89. The Morgan fingerprint density at radius 3 is 2.00 bits per heavy atom. The molecule has 5 nitrogen and oxygen atoms in total. The zero-order valence-corrected chi connectivity index (χ0v) is 20.0. The van der Waals surface area contributed by atoms with Crippen LogP contribution in [0.4, 0.5) is 32.0 Å². The van der Waals surface area contributed by atoms with Gasteiger partial charge in [0.15, 0.2) is 0 Å². The van der Waals surface area contributed by atoms with E-state index >= 15 is 0 Å². The quantitative estimate of drug-likeness (QED) is 0.349. The summed E-state index contributed by atoms with van der Waals surface area (Å²) in [5.41, 5.74) is -1.84. The number of hydrogen-bond acceptors (Lipinski definition) is 4. The number of nitrogens with zero attached hydrogens (tertiary/aromatic N) is 1. The van der Waals surface area contributed by atoms with Gasteiger partial charge in [0, 0.05) is 34.4 Å². The number of alkyl halides is 6. The molecule has 1 aromatic heterocycles. The molecular weight excluding hydrogens is 532 g/mol. The minimum atomic E-state index is -5.14. The van der Waals surface area contributed by atoms with Crippen LogP contribution in [0.3, 0.4) is 0 Å². The van der Waals surface area contributed by atoms with E-state index in [2.05, 4.69) is 15.0 Å². The highest BCUT2D eigenvalue weighted by Gasteiger charge is 2.38. The highest BCUT2D eigenvalue weighted by atomic mass is 35.5. The Morgan fingerprint density at radius 1 is 0.833 bits per heavy atom. The van der Waals surface area contributed by atoms with Gasteiger partial charge in [0.05, 0.1) is 21.5 Å². The molecule has 1 aliphatic carbocycles. The Balaban J connectivity index is 1.46. The molecule has 1 aliphatic rings. The number of nitrogens with one attached hydrogen (secondary N) is 2. The largest absolute Gasteiger partial charge is 0.416 e. The normalized spacial score (nSPS) is 19.4. The molecule has 1 heterocycles. The number of sulfonamides is 1. The van der Waals surface area contributed by atoms with Gasteiger partial charge in [0.25, 0.3) is 0 Å². The Hall–Kier alpha value is -2.57. The molecule has 1 fully saturated rings. The van der Waals surface area contributed by atoms with Gasteiger partial charge in [-0.05, 0) is 68.1 Å². The van der Waals surface area contributed by atoms with Crippen molar-refractivity contribution in [1.82, 2.24) is 9.71 Å². The molecule has 4 rings (SSSR count). The average Bonchev–Trinajstić information content (AvgIpc) is 2.78. The fraction of sp³-hybridized carbons (Fsp3) is 0.348. The van der Waals surface area contributed by atoms with E-state index in [0.717, 1.165) is 11.1 Å². The van der Waals surface area contributed by atoms with Crippen LogP contribution in [0.15, 0.2) is 53.6 Å². The SMILES string of the molecule is O=S(=O)(NC1CCC(Nc2ccnc3cc(Cl)ccc23)CC1)c1cc(C(F)(F)F)cc(C(F)(F)F)c1. The molecule has 13 heteroatoms. The Bertz CT molecular complexity index is 1340. The zero-order valence-electron chi connectivity index (χ0n) is 18.4. The van der Waals surface area contributed by atoms with E-state index in [1.807, 2.05) is 6.07 Å². The first-order valence-electron chi connectivity index (χ1n) is 10.8. The maximum absolute atomic E-state index is 13.1. The zero-order chi connectivity index (χ0) is 26.3. The molecule has 2 N–H and O–H groups in total. The second kappa shape index (κ2) is 9.71. The topological polar surface area (TPSA) is 71.1 Å². The lowest BCUT2D eigenvalue weighted by molar-refractivity contribution is -0.143. The van der Waals surface area contributed by atoms with Crippen LogP contribution >= 0.6 is 11.6 Å². The van der Waals surface area contributed by atoms with E-state index in [1.54, 1.807) is 24.4 Å². The van der Waals surface area contributed by atoms with Gasteiger partial charge in [-0.2, -0.15) is 26.3 Å². The number of fused-ring (bicyclic) bond motifs is 1. The Morgan fingerprint density at radius 2 is 1.42 bits per heavy atom. The third-order valence-corrected chi connectivity index (χ3v) is 7.72. The monoisotopic (exact) mass is 551 g/mol. The molecule has 0 unspecified atom stereocenters. The number of anilines is 1. The van der Waals surface area contributed by atoms with Gasteiger partial charge < -0.3 is 5.32 Å². The van der Waals surface area contributed by atoms with Crippen LogP contribution in [0.2, 0.25) is 5.02 Å². The minimum Gasteiger partial charge on any atom is -0.382 e. The number of benzene rings is 2. The number of rotatable bonds is 5. The standard InChI is InChI=1S/C23H20ClF6N3O2S/c24-15-1-6-19-20(7-8-31-21(19)12-15)32-16-2-4-17(5-3-16)33-36(34,35)18-10-13(22(25,26)27)9-14(11-18)23(28,29)30/h1,6-12,16-17,33H,2-5H2,(H,31,32). The van der Waals surface area contributed by atoms with Crippen molar-refractivity contribution in [2.45, 2.75) is 55.0 Å². The van der Waals surface area contributed by atoms with Crippen LogP contribution in [0.1, 0.15) is 36.8 Å². The van der Waals surface area contributed by atoms with E-state index in [1.165, 1.54) is 0 Å². The lowest BCUT2D eigenvalue weighted by Crippen LogP contribution is -2.40. The molecule has 2 aromatic carbocycles. The van der Waals surface area contributed by atoms with Crippen LogP contribution in [0.5, 0.6) is 0 Å². The van der Waals surface area contributed by atoms with Gasteiger partial charge in [0.1, 0.15) is 0 Å². The first-order valence-corrected chi connectivity index (χ1v) is 12.7. The van der Waals surface area contributed by atoms with Crippen molar-refractivity contribution < 1.29 is 34.8 Å². The van der Waals surface area contributed by atoms with Gasteiger partial charge in [0.2, 0.25) is 10.0 Å². The van der Waals surface area contributed by atoms with Gasteiger partial charge >= 0.3 is 12.4 Å². The summed E-state index contributed by atoms with van der Waals surface area (Å²) in [5.74, 6) is 0. The first-order chi connectivity index (χ1) is 16.7. The predicted molar refractivity (Wildman–Crippen MR) is 123 cm³/mol. The van der Waals surface area contributed by atoms with E-state index in [4.69, 9.17) is 11.6 Å². The molecule has 0 amide bonds. The third-order valence-electron chi connectivity index (χ3n) is 5.98. The number of halogens is 7. The molecule has 0 atom stereocenters. The number of aromatic nitrogens is 1. The van der Waals surface area contributed by atoms with Crippen molar-refractivity contribution in [2.75, 3.05) is 5.32 Å². The molecule has 0 saturated heterocycles. The molecule has 36 heavy (non-hydrogen) atoms. The van der Waals surface area contributed by atoms with E-state index < -0.39 is 44.4 Å². The van der Waals surface area contributed by atoms with Crippen molar-refractivity contribution in [2.24, 2.45) is 0 Å². The maximum Gasteiger partial charge on any atom is 0.416 e. The van der Waals surface area contributed by atoms with Crippen molar-refractivity contribution >= 4 is 38.2 Å². The van der Waals surface area contributed by atoms with Crippen LogP contribution in [0, 0.1) is 0 Å². The van der Waals surface area contributed by atoms with Gasteiger partial charge in [-0.25, -0.2) is 13.1 Å². The molecule has 0 spiro atoms. The molecule has 194 valence electrons. The summed E-state index contributed by atoms with van der Waals surface area (Å²) in [6, 6.07) is 6.77. The Labute approximate surface area is 207 Å². The van der Waals surface area contributed by atoms with Gasteiger partial charge in [-0.15, -0.1) is 0 Å². The maximum atomic E-state index is 13.1. The van der Waals surface area contributed by atoms with Crippen molar-refractivity contribution in [3.8, 4) is 0 Å². The third kappa shape index (κ3) is 6.04. The summed E-state index contributed by atoms with van der Waals surface area (Å²) in [5, 5.41) is 4.80. The molecule has 1 saturated carbocycles. The summed E-state index contributed by atoms with van der Waals surface area (Å²) >= 11 is 6.01. The van der Waals surface area contributed by atoms with Crippen molar-refractivity contribution in [1.29, 1.82) is 0 Å². The molecule has 0 aliphatic heterocycles.